The molecule has 114 valence electrons. The maximum Gasteiger partial charge on any atom is 0.0596 e. The highest BCUT2D eigenvalue weighted by Crippen LogP contribution is 2.64. The fraction of sp³-hybridized carbons (Fsp3) is 1.00. The van der Waals surface area contributed by atoms with E-state index in [-0.39, 0.29) is 11.5 Å². The SMILES string of the molecule is C[C@]12CCNC[C@@H]1CC[C@@H]1[C@@H]2CC[C@]2(C)[C@@H](O)CC[C@@H]12. The second kappa shape index (κ2) is 4.46. The Bertz CT molecular complexity index is 397. The number of aliphatic hydroxyl groups excluding tert-OH is 1. The number of hydrogen-bond donors (Lipinski definition) is 2. The van der Waals surface area contributed by atoms with E-state index in [9.17, 15) is 5.11 Å². The normalized spacial score (nSPS) is 58.6. The monoisotopic (exact) mass is 277 g/mol. The molecule has 3 aliphatic carbocycles. The standard InChI is InChI=1S/C18H31NO/c1-17-9-10-19-11-12(17)3-4-13-14-5-6-16(20)18(14,2)8-7-15(13)17/h12-16,19-20H,3-11H2,1-2H3/t12-,13-,14-,15-,16-,17-,18-/m0/s1. The summed E-state index contributed by atoms with van der Waals surface area (Å²) in [6.45, 7) is 7.47. The van der Waals surface area contributed by atoms with Gasteiger partial charge < -0.3 is 10.4 Å². The lowest BCUT2D eigenvalue weighted by molar-refractivity contribution is -0.116. The quantitative estimate of drug-likeness (QED) is 0.712. The van der Waals surface area contributed by atoms with Gasteiger partial charge in [0, 0.05) is 0 Å². The third-order valence-electron chi connectivity index (χ3n) is 8.25. The molecule has 0 spiro atoms. The first-order chi connectivity index (χ1) is 9.56. The first-order valence-corrected chi connectivity index (χ1v) is 8.94. The van der Waals surface area contributed by atoms with E-state index >= 15 is 0 Å². The molecule has 4 rings (SSSR count). The molecule has 0 bridgehead atoms. The van der Waals surface area contributed by atoms with Crippen LogP contribution in [0.15, 0.2) is 0 Å². The topological polar surface area (TPSA) is 32.3 Å². The summed E-state index contributed by atoms with van der Waals surface area (Å²) in [5.41, 5.74) is 0.834. The number of aliphatic hydroxyl groups is 1. The second-order valence-corrected chi connectivity index (χ2v) is 8.75. The fourth-order valence-electron chi connectivity index (χ4n) is 6.87. The Balaban J connectivity index is 1.64. The van der Waals surface area contributed by atoms with Crippen LogP contribution in [0.1, 0.15) is 58.8 Å². The molecule has 1 heterocycles. The molecule has 4 fully saturated rings. The molecule has 0 aromatic heterocycles. The predicted octanol–water partition coefficient (Wildman–Crippen LogP) is 3.20. The summed E-state index contributed by atoms with van der Waals surface area (Å²) in [7, 11) is 0. The number of hydrogen-bond acceptors (Lipinski definition) is 2. The first kappa shape index (κ1) is 13.6. The van der Waals surface area contributed by atoms with Crippen molar-refractivity contribution in [2.24, 2.45) is 34.5 Å². The number of fused-ring (bicyclic) bond motifs is 5. The van der Waals surface area contributed by atoms with Crippen LogP contribution in [0, 0.1) is 34.5 Å². The third kappa shape index (κ3) is 1.64. The zero-order valence-electron chi connectivity index (χ0n) is 13.2. The molecular weight excluding hydrogens is 246 g/mol. The molecule has 2 N–H and O–H groups in total. The van der Waals surface area contributed by atoms with Crippen molar-refractivity contribution in [1.29, 1.82) is 0 Å². The summed E-state index contributed by atoms with van der Waals surface area (Å²) < 4.78 is 0. The van der Waals surface area contributed by atoms with Gasteiger partial charge in [0.2, 0.25) is 0 Å². The van der Waals surface area contributed by atoms with E-state index in [2.05, 4.69) is 19.2 Å². The molecule has 1 aliphatic heterocycles. The van der Waals surface area contributed by atoms with Gasteiger partial charge >= 0.3 is 0 Å². The van der Waals surface area contributed by atoms with E-state index in [0.29, 0.717) is 5.41 Å². The Morgan fingerprint density at radius 2 is 1.70 bits per heavy atom. The predicted molar refractivity (Wildman–Crippen MR) is 81.4 cm³/mol. The van der Waals surface area contributed by atoms with E-state index in [0.717, 1.165) is 30.1 Å². The van der Waals surface area contributed by atoms with Gasteiger partial charge in [0.15, 0.2) is 0 Å². The van der Waals surface area contributed by atoms with Gasteiger partial charge in [0.1, 0.15) is 0 Å². The van der Waals surface area contributed by atoms with Gasteiger partial charge in [0.25, 0.3) is 0 Å². The Hall–Kier alpha value is -0.0800. The summed E-state index contributed by atoms with van der Waals surface area (Å²) in [5, 5.41) is 14.1. The number of nitrogens with one attached hydrogen (secondary N) is 1. The molecule has 1 saturated heterocycles. The average molecular weight is 277 g/mol. The summed E-state index contributed by atoms with van der Waals surface area (Å²) in [4.78, 5) is 0. The summed E-state index contributed by atoms with van der Waals surface area (Å²) in [6, 6.07) is 0. The fourth-order valence-corrected chi connectivity index (χ4v) is 6.87. The van der Waals surface area contributed by atoms with Crippen molar-refractivity contribution in [1.82, 2.24) is 5.32 Å². The van der Waals surface area contributed by atoms with Crippen molar-refractivity contribution in [3.8, 4) is 0 Å². The lowest BCUT2D eigenvalue weighted by atomic mass is 9.46. The maximum absolute atomic E-state index is 10.5. The highest BCUT2D eigenvalue weighted by atomic mass is 16.3. The van der Waals surface area contributed by atoms with Crippen LogP contribution in [0.2, 0.25) is 0 Å². The molecule has 3 saturated carbocycles. The van der Waals surface area contributed by atoms with Crippen LogP contribution in [0.4, 0.5) is 0 Å². The average Bonchev–Trinajstić information content (AvgIpc) is 2.74. The number of piperidine rings is 1. The molecule has 2 nitrogen and oxygen atoms in total. The molecule has 2 heteroatoms. The van der Waals surface area contributed by atoms with E-state index in [1.54, 1.807) is 0 Å². The third-order valence-corrected chi connectivity index (χ3v) is 8.25. The molecule has 4 aliphatic rings. The van der Waals surface area contributed by atoms with Crippen molar-refractivity contribution in [3.63, 3.8) is 0 Å². The lowest BCUT2D eigenvalue weighted by Crippen LogP contribution is -2.56. The molecule has 0 unspecified atom stereocenters. The summed E-state index contributed by atoms with van der Waals surface area (Å²) in [6.07, 6.45) is 9.21. The van der Waals surface area contributed by atoms with Gasteiger partial charge in [0.05, 0.1) is 6.10 Å². The Morgan fingerprint density at radius 3 is 2.55 bits per heavy atom. The van der Waals surface area contributed by atoms with E-state index in [1.165, 1.54) is 51.6 Å². The van der Waals surface area contributed by atoms with Crippen molar-refractivity contribution in [3.05, 3.63) is 0 Å². The van der Waals surface area contributed by atoms with E-state index < -0.39 is 0 Å². The summed E-state index contributed by atoms with van der Waals surface area (Å²) >= 11 is 0. The molecule has 7 atom stereocenters. The molecule has 0 amide bonds. The van der Waals surface area contributed by atoms with Gasteiger partial charge in [-0.1, -0.05) is 13.8 Å². The summed E-state index contributed by atoms with van der Waals surface area (Å²) in [5.74, 6) is 3.56. The minimum absolute atomic E-state index is 0.0213. The highest BCUT2D eigenvalue weighted by molar-refractivity contribution is 5.09. The van der Waals surface area contributed by atoms with Crippen LogP contribution in [-0.2, 0) is 0 Å². The molecule has 0 aromatic carbocycles. The highest BCUT2D eigenvalue weighted by Gasteiger charge is 2.59. The van der Waals surface area contributed by atoms with Crippen molar-refractivity contribution in [2.45, 2.75) is 64.9 Å². The van der Waals surface area contributed by atoms with Crippen molar-refractivity contribution < 1.29 is 5.11 Å². The Labute approximate surface area is 123 Å². The van der Waals surface area contributed by atoms with E-state index in [1.807, 2.05) is 0 Å². The number of rotatable bonds is 0. The van der Waals surface area contributed by atoms with Crippen molar-refractivity contribution in [2.75, 3.05) is 13.1 Å². The second-order valence-electron chi connectivity index (χ2n) is 8.75. The smallest absolute Gasteiger partial charge is 0.0596 e. The zero-order valence-corrected chi connectivity index (χ0v) is 13.2. The molecule has 20 heavy (non-hydrogen) atoms. The van der Waals surface area contributed by atoms with Crippen LogP contribution >= 0.6 is 0 Å². The van der Waals surface area contributed by atoms with Crippen LogP contribution in [0.3, 0.4) is 0 Å². The Morgan fingerprint density at radius 1 is 0.900 bits per heavy atom. The van der Waals surface area contributed by atoms with Crippen molar-refractivity contribution >= 4 is 0 Å². The maximum atomic E-state index is 10.5. The van der Waals surface area contributed by atoms with Crippen LogP contribution < -0.4 is 5.32 Å². The largest absolute Gasteiger partial charge is 0.393 e. The van der Waals surface area contributed by atoms with Crippen LogP contribution in [0.25, 0.3) is 0 Å². The van der Waals surface area contributed by atoms with Gasteiger partial charge in [-0.25, -0.2) is 0 Å². The lowest BCUT2D eigenvalue weighted by Gasteiger charge is -2.60. The minimum Gasteiger partial charge on any atom is -0.393 e. The zero-order chi connectivity index (χ0) is 14.0. The van der Waals surface area contributed by atoms with Gasteiger partial charge in [-0.2, -0.15) is 0 Å². The van der Waals surface area contributed by atoms with Crippen LogP contribution in [0.5, 0.6) is 0 Å². The molecule has 0 radical (unpaired) electrons. The van der Waals surface area contributed by atoms with Gasteiger partial charge in [-0.15, -0.1) is 0 Å². The Kier molecular flexibility index (Phi) is 3.03. The van der Waals surface area contributed by atoms with Gasteiger partial charge in [-0.3, -0.25) is 0 Å². The van der Waals surface area contributed by atoms with E-state index in [4.69, 9.17) is 0 Å². The van der Waals surface area contributed by atoms with Gasteiger partial charge in [-0.05, 0) is 92.5 Å². The molecule has 0 aromatic rings. The molecular formula is C18H31NO. The van der Waals surface area contributed by atoms with Crippen LogP contribution in [-0.4, -0.2) is 24.3 Å². The first-order valence-electron chi connectivity index (χ1n) is 8.94. The minimum atomic E-state index is -0.0213.